The van der Waals surface area contributed by atoms with Crippen molar-refractivity contribution in [2.75, 3.05) is 6.54 Å². The van der Waals surface area contributed by atoms with Crippen LogP contribution < -0.4 is 5.32 Å². The van der Waals surface area contributed by atoms with Crippen molar-refractivity contribution in [1.29, 1.82) is 0 Å². The van der Waals surface area contributed by atoms with Gasteiger partial charge < -0.3 is 15.3 Å². The number of hydrogen-bond donors (Lipinski definition) is 2. The third-order valence-electron chi connectivity index (χ3n) is 4.66. The maximum absolute atomic E-state index is 13.5. The van der Waals surface area contributed by atoms with E-state index in [0.29, 0.717) is 12.0 Å². The minimum absolute atomic E-state index is 0.122. The molecule has 0 spiro atoms. The number of hydrogen-bond acceptors (Lipinski definition) is 3. The Morgan fingerprint density at radius 1 is 1.40 bits per heavy atom. The quantitative estimate of drug-likeness (QED) is 0.864. The molecule has 3 unspecified atom stereocenters. The summed E-state index contributed by atoms with van der Waals surface area (Å²) in [6.07, 6.45) is -0.179. The number of carbonyl (C=O) groups excluding carboxylic acids is 1. The number of likely N-dealkylation sites (tertiary alicyclic amines) is 1. The Morgan fingerprint density at radius 3 is 2.80 bits per heavy atom. The van der Waals surface area contributed by atoms with Crippen LogP contribution in [0, 0.1) is 19.7 Å². The lowest BCUT2D eigenvalue weighted by atomic mass is 10.0. The van der Waals surface area contributed by atoms with Crippen molar-refractivity contribution in [3.63, 3.8) is 0 Å². The number of nitrogens with one attached hydrogen (secondary N) is 1. The van der Waals surface area contributed by atoms with Gasteiger partial charge in [-0.3, -0.25) is 0 Å². The number of benzene rings is 1. The summed E-state index contributed by atoms with van der Waals surface area (Å²) in [5, 5.41) is 13.1. The van der Waals surface area contributed by atoms with E-state index in [4.69, 9.17) is 0 Å². The highest BCUT2D eigenvalue weighted by molar-refractivity contribution is 7.12. The molecule has 1 saturated heterocycles. The first-order valence-corrected chi connectivity index (χ1v) is 9.24. The molecule has 0 aliphatic carbocycles. The zero-order chi connectivity index (χ0) is 18.1. The molecule has 6 heteroatoms. The Labute approximate surface area is 151 Å². The normalized spacial score (nSPS) is 21.4. The molecule has 25 heavy (non-hydrogen) atoms. The molecule has 1 aliphatic rings. The summed E-state index contributed by atoms with van der Waals surface area (Å²) >= 11 is 1.71. The van der Waals surface area contributed by atoms with Crippen LogP contribution in [0.15, 0.2) is 30.3 Å². The zero-order valence-corrected chi connectivity index (χ0v) is 15.4. The molecular weight excluding hydrogens is 339 g/mol. The summed E-state index contributed by atoms with van der Waals surface area (Å²) in [4.78, 5) is 16.8. The van der Waals surface area contributed by atoms with Crippen LogP contribution in [0.3, 0.4) is 0 Å². The summed E-state index contributed by atoms with van der Waals surface area (Å²) < 4.78 is 13.5. The summed E-state index contributed by atoms with van der Waals surface area (Å²) in [7, 11) is 0. The van der Waals surface area contributed by atoms with Crippen LogP contribution in [0.4, 0.5) is 9.18 Å². The van der Waals surface area contributed by atoms with Crippen LogP contribution in [-0.2, 0) is 0 Å². The van der Waals surface area contributed by atoms with Gasteiger partial charge >= 0.3 is 6.03 Å². The largest absolute Gasteiger partial charge is 0.391 e. The SMILES string of the molecule is Cc1cc(C(C)NC(=O)N2CC(O)CC2c2cccc(F)c2)c(C)s1. The van der Waals surface area contributed by atoms with Gasteiger partial charge in [0.05, 0.1) is 18.2 Å². The molecule has 0 saturated carbocycles. The Balaban J connectivity index is 1.76. The van der Waals surface area contributed by atoms with E-state index < -0.39 is 6.10 Å². The molecule has 0 bridgehead atoms. The topological polar surface area (TPSA) is 52.6 Å². The van der Waals surface area contributed by atoms with Gasteiger partial charge in [-0.25, -0.2) is 9.18 Å². The van der Waals surface area contributed by atoms with E-state index in [9.17, 15) is 14.3 Å². The first-order chi connectivity index (χ1) is 11.8. The molecule has 4 nitrogen and oxygen atoms in total. The fourth-order valence-corrected chi connectivity index (χ4v) is 4.52. The molecule has 2 N–H and O–H groups in total. The standard InChI is InChI=1S/C19H23FN2O2S/c1-11-7-17(13(3)25-11)12(2)21-19(24)22-10-16(23)9-18(22)14-5-4-6-15(20)8-14/h4-8,12,16,18,23H,9-10H2,1-3H3,(H,21,24). The van der Waals surface area contributed by atoms with Crippen LogP contribution in [0.5, 0.6) is 0 Å². The highest BCUT2D eigenvalue weighted by Crippen LogP contribution is 2.33. The number of β-amino-alcohol motifs (C(OH)–C–C–N with tert-alkyl or cyclic N) is 1. The van der Waals surface area contributed by atoms with E-state index in [1.165, 1.54) is 21.9 Å². The van der Waals surface area contributed by atoms with Gasteiger partial charge in [0.15, 0.2) is 0 Å². The molecule has 1 aliphatic heterocycles. The van der Waals surface area contributed by atoms with Crippen LogP contribution >= 0.6 is 11.3 Å². The average molecular weight is 362 g/mol. The van der Waals surface area contributed by atoms with Gasteiger partial charge in [-0.05, 0) is 56.5 Å². The van der Waals surface area contributed by atoms with E-state index >= 15 is 0 Å². The minimum atomic E-state index is -0.598. The molecule has 3 rings (SSSR count). The summed E-state index contributed by atoms with van der Waals surface area (Å²) in [5.74, 6) is -0.336. The van der Waals surface area contributed by atoms with Crippen LogP contribution in [0.2, 0.25) is 0 Å². The Hall–Kier alpha value is -1.92. The molecule has 3 atom stereocenters. The Bertz CT molecular complexity index is 777. The van der Waals surface area contributed by atoms with E-state index in [1.54, 1.807) is 28.4 Å². The molecule has 1 aromatic carbocycles. The molecule has 134 valence electrons. The number of urea groups is 1. The lowest BCUT2D eigenvalue weighted by Gasteiger charge is -2.27. The molecule has 1 aromatic heterocycles. The molecule has 0 radical (unpaired) electrons. The number of halogens is 1. The van der Waals surface area contributed by atoms with Gasteiger partial charge in [0.2, 0.25) is 0 Å². The third-order valence-corrected chi connectivity index (χ3v) is 5.64. The number of rotatable bonds is 3. The van der Waals surface area contributed by atoms with Crippen LogP contribution in [0.25, 0.3) is 0 Å². The lowest BCUT2D eigenvalue weighted by Crippen LogP contribution is -2.41. The van der Waals surface area contributed by atoms with Gasteiger partial charge in [0.1, 0.15) is 5.82 Å². The predicted octanol–water partition coefficient (Wildman–Crippen LogP) is 4.08. The molecular formula is C19H23FN2O2S. The zero-order valence-electron chi connectivity index (χ0n) is 14.6. The number of thiophene rings is 1. The second-order valence-corrected chi connectivity index (χ2v) is 8.11. The second-order valence-electron chi connectivity index (χ2n) is 6.65. The summed E-state index contributed by atoms with van der Waals surface area (Å²) in [6.45, 7) is 6.30. The molecule has 2 amide bonds. The number of amides is 2. The summed E-state index contributed by atoms with van der Waals surface area (Å²) in [6, 6.07) is 7.65. The lowest BCUT2D eigenvalue weighted by molar-refractivity contribution is 0.168. The van der Waals surface area contributed by atoms with Gasteiger partial charge in [0, 0.05) is 16.3 Å². The second kappa shape index (κ2) is 7.14. The molecule has 2 aromatic rings. The third kappa shape index (κ3) is 3.85. The van der Waals surface area contributed by atoms with Crippen LogP contribution in [0.1, 0.15) is 46.3 Å². The van der Waals surface area contributed by atoms with Crippen molar-refractivity contribution in [1.82, 2.24) is 10.2 Å². The van der Waals surface area contributed by atoms with Crippen molar-refractivity contribution < 1.29 is 14.3 Å². The van der Waals surface area contributed by atoms with Crippen LogP contribution in [-0.4, -0.2) is 28.7 Å². The van der Waals surface area contributed by atoms with Gasteiger partial charge in [0.25, 0.3) is 0 Å². The minimum Gasteiger partial charge on any atom is -0.391 e. The maximum atomic E-state index is 13.5. The van der Waals surface area contributed by atoms with E-state index in [0.717, 1.165) is 5.56 Å². The van der Waals surface area contributed by atoms with Crippen molar-refractivity contribution >= 4 is 17.4 Å². The van der Waals surface area contributed by atoms with Gasteiger partial charge in [-0.1, -0.05) is 12.1 Å². The first-order valence-electron chi connectivity index (χ1n) is 8.42. The number of aryl methyl sites for hydroxylation is 2. The van der Waals surface area contributed by atoms with Crippen molar-refractivity contribution in [3.8, 4) is 0 Å². The highest BCUT2D eigenvalue weighted by Gasteiger charge is 2.36. The van der Waals surface area contributed by atoms with Crippen molar-refractivity contribution in [2.45, 2.75) is 45.4 Å². The Morgan fingerprint density at radius 2 is 2.16 bits per heavy atom. The number of aliphatic hydroxyl groups is 1. The highest BCUT2D eigenvalue weighted by atomic mass is 32.1. The fraction of sp³-hybridized carbons (Fsp3) is 0.421. The monoisotopic (exact) mass is 362 g/mol. The first kappa shape index (κ1) is 17.9. The summed E-state index contributed by atoms with van der Waals surface area (Å²) in [5.41, 5.74) is 1.82. The number of nitrogens with zero attached hydrogens (tertiary/aromatic N) is 1. The van der Waals surface area contributed by atoms with E-state index in [-0.39, 0.29) is 30.5 Å². The number of carbonyl (C=O) groups is 1. The van der Waals surface area contributed by atoms with Gasteiger partial charge in [-0.2, -0.15) is 0 Å². The predicted molar refractivity (Wildman–Crippen MR) is 97.2 cm³/mol. The van der Waals surface area contributed by atoms with Crippen molar-refractivity contribution in [2.24, 2.45) is 0 Å². The Kier molecular flexibility index (Phi) is 5.11. The fourth-order valence-electron chi connectivity index (χ4n) is 3.49. The van der Waals surface area contributed by atoms with Gasteiger partial charge in [-0.15, -0.1) is 11.3 Å². The molecule has 2 heterocycles. The smallest absolute Gasteiger partial charge is 0.318 e. The van der Waals surface area contributed by atoms with E-state index in [2.05, 4.69) is 11.4 Å². The average Bonchev–Trinajstić information content (AvgIpc) is 3.09. The molecule has 1 fully saturated rings. The number of aliphatic hydroxyl groups excluding tert-OH is 1. The van der Waals surface area contributed by atoms with E-state index in [1.807, 2.05) is 20.8 Å². The van der Waals surface area contributed by atoms with Crippen molar-refractivity contribution in [3.05, 3.63) is 57.0 Å². The maximum Gasteiger partial charge on any atom is 0.318 e.